The summed E-state index contributed by atoms with van der Waals surface area (Å²) in [6.45, 7) is 4.23. The van der Waals surface area contributed by atoms with Crippen LogP contribution in [0.5, 0.6) is 0 Å². The monoisotopic (exact) mass is 303 g/mol. The first-order valence-corrected chi connectivity index (χ1v) is 7.49. The molecule has 0 aromatic carbocycles. The minimum Gasteiger partial charge on any atom is -0.315 e. The van der Waals surface area contributed by atoms with Crippen LogP contribution < -0.4 is 10.6 Å². The number of carbonyl (C=O) groups excluding carboxylic acids is 1. The minimum absolute atomic E-state index is 0.0921. The van der Waals surface area contributed by atoms with Gasteiger partial charge in [0.05, 0.1) is 18.2 Å². The van der Waals surface area contributed by atoms with E-state index in [1.807, 2.05) is 36.9 Å². The topological polar surface area (TPSA) is 82.7 Å². The standard InChI is InChI=1S/C14H17N5OS/c1-10(11(2)19-6-3-5-17-19)16-9-13(20)18-14-12(8-15)4-7-21-14/h3-7,10-11,16H,9H2,1-2H3,(H,18,20)/t10-,11+/m1/s1. The molecule has 0 fully saturated rings. The maximum absolute atomic E-state index is 11.9. The van der Waals surface area contributed by atoms with Crippen LogP contribution in [0.25, 0.3) is 0 Å². The van der Waals surface area contributed by atoms with Crippen molar-refractivity contribution in [3.05, 3.63) is 35.5 Å². The van der Waals surface area contributed by atoms with E-state index in [1.54, 1.807) is 17.6 Å². The van der Waals surface area contributed by atoms with Crippen molar-refractivity contribution in [1.29, 1.82) is 5.26 Å². The van der Waals surface area contributed by atoms with Crippen molar-refractivity contribution < 1.29 is 4.79 Å². The summed E-state index contributed by atoms with van der Waals surface area (Å²) < 4.78 is 1.85. The molecular weight excluding hydrogens is 286 g/mol. The second-order valence-electron chi connectivity index (χ2n) is 4.72. The van der Waals surface area contributed by atoms with Gasteiger partial charge in [-0.1, -0.05) is 0 Å². The van der Waals surface area contributed by atoms with Crippen LogP contribution in [0.1, 0.15) is 25.5 Å². The van der Waals surface area contributed by atoms with Crippen LogP contribution in [0.2, 0.25) is 0 Å². The van der Waals surface area contributed by atoms with Crippen LogP contribution in [0, 0.1) is 11.3 Å². The molecule has 2 aromatic rings. The van der Waals surface area contributed by atoms with Gasteiger partial charge in [-0.05, 0) is 31.4 Å². The third kappa shape index (κ3) is 3.90. The molecule has 0 aliphatic heterocycles. The Labute approximate surface area is 127 Å². The van der Waals surface area contributed by atoms with Crippen LogP contribution >= 0.6 is 11.3 Å². The first kappa shape index (κ1) is 15.2. The van der Waals surface area contributed by atoms with Crippen molar-refractivity contribution in [2.24, 2.45) is 0 Å². The summed E-state index contributed by atoms with van der Waals surface area (Å²) in [6.07, 6.45) is 3.63. The summed E-state index contributed by atoms with van der Waals surface area (Å²) in [5.74, 6) is -0.159. The third-order valence-corrected chi connectivity index (χ3v) is 4.12. The molecule has 0 saturated heterocycles. The number of nitriles is 1. The normalized spacial score (nSPS) is 13.4. The van der Waals surface area contributed by atoms with Gasteiger partial charge in [-0.3, -0.25) is 9.48 Å². The Hall–Kier alpha value is -2.17. The Morgan fingerprint density at radius 3 is 3.05 bits per heavy atom. The Balaban J connectivity index is 1.83. The molecule has 0 radical (unpaired) electrons. The Morgan fingerprint density at radius 2 is 2.38 bits per heavy atom. The molecule has 0 unspecified atom stereocenters. The Morgan fingerprint density at radius 1 is 1.57 bits per heavy atom. The van der Waals surface area contributed by atoms with Gasteiger partial charge in [-0.15, -0.1) is 11.3 Å². The zero-order chi connectivity index (χ0) is 15.2. The van der Waals surface area contributed by atoms with Crippen molar-refractivity contribution in [3.8, 4) is 6.07 Å². The number of hydrogen-bond acceptors (Lipinski definition) is 5. The van der Waals surface area contributed by atoms with Crippen molar-refractivity contribution in [1.82, 2.24) is 15.1 Å². The number of thiophene rings is 1. The maximum atomic E-state index is 11.9. The zero-order valence-corrected chi connectivity index (χ0v) is 12.7. The number of hydrogen-bond donors (Lipinski definition) is 2. The fraction of sp³-hybridized carbons (Fsp3) is 0.357. The number of carbonyl (C=O) groups is 1. The average Bonchev–Trinajstić information content (AvgIpc) is 3.14. The molecule has 6 nitrogen and oxygen atoms in total. The van der Waals surface area contributed by atoms with E-state index in [4.69, 9.17) is 5.26 Å². The van der Waals surface area contributed by atoms with Crippen molar-refractivity contribution in [2.45, 2.75) is 25.9 Å². The van der Waals surface area contributed by atoms with E-state index in [-0.39, 0.29) is 24.5 Å². The third-order valence-electron chi connectivity index (χ3n) is 3.29. The van der Waals surface area contributed by atoms with E-state index in [1.165, 1.54) is 11.3 Å². The molecule has 0 aliphatic carbocycles. The molecule has 1 amide bonds. The predicted molar refractivity (Wildman–Crippen MR) is 82.1 cm³/mol. The SMILES string of the molecule is C[C@@H](NCC(=O)Nc1sccc1C#N)[C@H](C)n1cccn1. The van der Waals surface area contributed by atoms with Gasteiger partial charge in [0.15, 0.2) is 0 Å². The smallest absolute Gasteiger partial charge is 0.238 e. The summed E-state index contributed by atoms with van der Waals surface area (Å²) >= 11 is 1.34. The van der Waals surface area contributed by atoms with Gasteiger partial charge >= 0.3 is 0 Å². The molecule has 0 aliphatic rings. The maximum Gasteiger partial charge on any atom is 0.238 e. The van der Waals surface area contributed by atoms with Gasteiger partial charge in [0.25, 0.3) is 0 Å². The fourth-order valence-electron chi connectivity index (χ4n) is 1.84. The van der Waals surface area contributed by atoms with Crippen LogP contribution in [-0.2, 0) is 4.79 Å². The van der Waals surface area contributed by atoms with Gasteiger partial charge in [0.2, 0.25) is 5.91 Å². The predicted octanol–water partition coefficient (Wildman–Crippen LogP) is 1.99. The van der Waals surface area contributed by atoms with Gasteiger partial charge in [-0.25, -0.2) is 0 Å². The van der Waals surface area contributed by atoms with E-state index in [0.29, 0.717) is 10.6 Å². The van der Waals surface area contributed by atoms with Crippen molar-refractivity contribution in [2.75, 3.05) is 11.9 Å². The fourth-order valence-corrected chi connectivity index (χ4v) is 2.59. The molecule has 0 bridgehead atoms. The quantitative estimate of drug-likeness (QED) is 0.855. The summed E-state index contributed by atoms with van der Waals surface area (Å²) in [4.78, 5) is 11.9. The molecule has 0 spiro atoms. The van der Waals surface area contributed by atoms with Crippen molar-refractivity contribution in [3.63, 3.8) is 0 Å². The number of rotatable bonds is 6. The summed E-state index contributed by atoms with van der Waals surface area (Å²) in [5.41, 5.74) is 0.492. The minimum atomic E-state index is -0.159. The number of amides is 1. The zero-order valence-electron chi connectivity index (χ0n) is 11.9. The average molecular weight is 303 g/mol. The van der Waals surface area contributed by atoms with Gasteiger partial charge in [-0.2, -0.15) is 10.4 Å². The lowest BCUT2D eigenvalue weighted by atomic mass is 10.2. The lowest BCUT2D eigenvalue weighted by Gasteiger charge is -2.21. The van der Waals surface area contributed by atoms with Gasteiger partial charge in [0, 0.05) is 18.4 Å². The number of anilines is 1. The Bertz CT molecular complexity index is 628. The van der Waals surface area contributed by atoms with Crippen LogP contribution in [0.4, 0.5) is 5.00 Å². The van der Waals surface area contributed by atoms with Gasteiger partial charge in [0.1, 0.15) is 11.1 Å². The Kier molecular flexibility index (Phi) is 5.09. The first-order chi connectivity index (χ1) is 10.1. The highest BCUT2D eigenvalue weighted by atomic mass is 32.1. The summed E-state index contributed by atoms with van der Waals surface area (Å²) in [6, 6.07) is 5.84. The summed E-state index contributed by atoms with van der Waals surface area (Å²) in [5, 5.41) is 21.4. The second kappa shape index (κ2) is 7.02. The lowest BCUT2D eigenvalue weighted by Crippen LogP contribution is -2.39. The lowest BCUT2D eigenvalue weighted by molar-refractivity contribution is -0.115. The second-order valence-corrected chi connectivity index (χ2v) is 5.64. The first-order valence-electron chi connectivity index (χ1n) is 6.61. The molecule has 110 valence electrons. The van der Waals surface area contributed by atoms with Crippen LogP contribution in [-0.4, -0.2) is 28.3 Å². The number of nitrogens with one attached hydrogen (secondary N) is 2. The van der Waals surface area contributed by atoms with Crippen molar-refractivity contribution >= 4 is 22.2 Å². The molecule has 21 heavy (non-hydrogen) atoms. The number of nitrogens with zero attached hydrogens (tertiary/aromatic N) is 3. The van der Waals surface area contributed by atoms with Crippen LogP contribution in [0.3, 0.4) is 0 Å². The molecule has 2 heterocycles. The highest BCUT2D eigenvalue weighted by molar-refractivity contribution is 7.14. The molecule has 7 heteroatoms. The van der Waals surface area contributed by atoms with Gasteiger partial charge < -0.3 is 10.6 Å². The largest absolute Gasteiger partial charge is 0.315 e. The summed E-state index contributed by atoms with van der Waals surface area (Å²) in [7, 11) is 0. The molecule has 2 rings (SSSR count). The molecule has 2 atom stereocenters. The highest BCUT2D eigenvalue weighted by Crippen LogP contribution is 2.21. The van der Waals surface area contributed by atoms with E-state index < -0.39 is 0 Å². The van der Waals surface area contributed by atoms with E-state index in [2.05, 4.69) is 15.7 Å². The highest BCUT2D eigenvalue weighted by Gasteiger charge is 2.15. The molecule has 2 aromatic heterocycles. The van der Waals surface area contributed by atoms with Crippen LogP contribution in [0.15, 0.2) is 29.9 Å². The molecule has 0 saturated carbocycles. The van der Waals surface area contributed by atoms with E-state index in [9.17, 15) is 4.79 Å². The molecular formula is C14H17N5OS. The molecule has 2 N–H and O–H groups in total. The van der Waals surface area contributed by atoms with E-state index in [0.717, 1.165) is 0 Å². The number of aromatic nitrogens is 2. The van der Waals surface area contributed by atoms with E-state index >= 15 is 0 Å².